The molecule has 0 N–H and O–H groups in total. The third-order valence-corrected chi connectivity index (χ3v) is 5.62. The normalized spacial score (nSPS) is 14.5. The number of carbonyl (C=O) groups is 1. The van der Waals surface area contributed by atoms with Gasteiger partial charge in [0.25, 0.3) is 5.91 Å². The van der Waals surface area contributed by atoms with E-state index in [-0.39, 0.29) is 5.91 Å². The Morgan fingerprint density at radius 2 is 1.64 bits per heavy atom. The zero-order chi connectivity index (χ0) is 23.2. The van der Waals surface area contributed by atoms with Crippen molar-refractivity contribution in [2.24, 2.45) is 4.99 Å². The van der Waals surface area contributed by atoms with Crippen molar-refractivity contribution in [1.29, 1.82) is 0 Å². The molecule has 1 amide bonds. The number of aryl methyl sites for hydroxylation is 1. The van der Waals surface area contributed by atoms with Gasteiger partial charge in [-0.15, -0.1) is 0 Å². The van der Waals surface area contributed by atoms with E-state index in [1.165, 1.54) is 5.56 Å². The summed E-state index contributed by atoms with van der Waals surface area (Å²) in [5.74, 6) is 1.69. The van der Waals surface area contributed by atoms with Crippen LogP contribution in [0.1, 0.15) is 36.5 Å². The highest BCUT2D eigenvalue weighted by Crippen LogP contribution is 2.31. The van der Waals surface area contributed by atoms with E-state index < -0.39 is 0 Å². The van der Waals surface area contributed by atoms with E-state index in [2.05, 4.69) is 19.1 Å². The first-order valence-corrected chi connectivity index (χ1v) is 11.2. The van der Waals surface area contributed by atoms with Crippen LogP contribution in [-0.4, -0.2) is 26.0 Å². The van der Waals surface area contributed by atoms with Crippen LogP contribution in [0.15, 0.2) is 83.5 Å². The molecule has 3 aromatic rings. The SMILES string of the molecule is CCCCc1ccc(N2C(=O)C(=Cc3ccc(OC)c(OC)c3)N=C2c2ccccc2)cc1. The molecule has 0 spiro atoms. The van der Waals surface area contributed by atoms with Crippen molar-refractivity contribution in [3.8, 4) is 11.5 Å². The van der Waals surface area contributed by atoms with E-state index in [9.17, 15) is 4.79 Å². The summed E-state index contributed by atoms with van der Waals surface area (Å²) < 4.78 is 10.7. The summed E-state index contributed by atoms with van der Waals surface area (Å²) in [6.07, 6.45) is 5.12. The Hall–Kier alpha value is -3.86. The second-order valence-electron chi connectivity index (χ2n) is 7.86. The lowest BCUT2D eigenvalue weighted by Gasteiger charge is -2.19. The van der Waals surface area contributed by atoms with Gasteiger partial charge in [-0.2, -0.15) is 0 Å². The molecule has 0 aliphatic carbocycles. The fourth-order valence-corrected chi connectivity index (χ4v) is 3.83. The molecule has 0 saturated carbocycles. The number of hydrogen-bond donors (Lipinski definition) is 0. The zero-order valence-corrected chi connectivity index (χ0v) is 19.2. The molecule has 0 fully saturated rings. The molecular formula is C28H28N2O3. The molecule has 0 atom stereocenters. The molecule has 168 valence electrons. The van der Waals surface area contributed by atoms with Gasteiger partial charge in [-0.25, -0.2) is 4.99 Å². The summed E-state index contributed by atoms with van der Waals surface area (Å²) in [4.78, 5) is 19.9. The topological polar surface area (TPSA) is 51.1 Å². The molecule has 5 heteroatoms. The second-order valence-corrected chi connectivity index (χ2v) is 7.86. The molecule has 5 nitrogen and oxygen atoms in total. The van der Waals surface area contributed by atoms with Crippen molar-refractivity contribution in [2.45, 2.75) is 26.2 Å². The molecule has 1 heterocycles. The first-order chi connectivity index (χ1) is 16.1. The number of benzene rings is 3. The first kappa shape index (κ1) is 22.3. The first-order valence-electron chi connectivity index (χ1n) is 11.2. The minimum absolute atomic E-state index is 0.162. The fraction of sp³-hybridized carbons (Fsp3) is 0.214. The molecular weight excluding hydrogens is 412 g/mol. The maximum atomic E-state index is 13.5. The number of carbonyl (C=O) groups excluding carboxylic acids is 1. The number of ether oxygens (including phenoxy) is 2. The van der Waals surface area contributed by atoms with Crippen molar-refractivity contribution in [1.82, 2.24) is 0 Å². The largest absolute Gasteiger partial charge is 0.493 e. The number of methoxy groups -OCH3 is 2. The quantitative estimate of drug-likeness (QED) is 0.411. The number of anilines is 1. The Labute approximate surface area is 195 Å². The Bertz CT molecular complexity index is 1180. The lowest BCUT2D eigenvalue weighted by atomic mass is 10.1. The molecule has 4 rings (SSSR count). The number of amides is 1. The number of hydrogen-bond acceptors (Lipinski definition) is 4. The molecule has 3 aromatic carbocycles. The number of rotatable bonds is 8. The van der Waals surface area contributed by atoms with E-state index in [0.29, 0.717) is 23.0 Å². The maximum Gasteiger partial charge on any atom is 0.282 e. The Morgan fingerprint density at radius 3 is 2.30 bits per heavy atom. The average Bonchev–Trinajstić information content (AvgIpc) is 3.19. The predicted octanol–water partition coefficient (Wildman–Crippen LogP) is 5.88. The number of amidine groups is 1. The van der Waals surface area contributed by atoms with Gasteiger partial charge in [-0.1, -0.05) is 61.9 Å². The van der Waals surface area contributed by atoms with Gasteiger partial charge in [0, 0.05) is 5.56 Å². The molecule has 33 heavy (non-hydrogen) atoms. The van der Waals surface area contributed by atoms with Crippen LogP contribution >= 0.6 is 0 Å². The summed E-state index contributed by atoms with van der Waals surface area (Å²) in [5.41, 5.74) is 4.14. The van der Waals surface area contributed by atoms with E-state index in [1.807, 2.05) is 60.7 Å². The van der Waals surface area contributed by atoms with Crippen LogP contribution in [0.2, 0.25) is 0 Å². The lowest BCUT2D eigenvalue weighted by Crippen LogP contribution is -2.32. The van der Waals surface area contributed by atoms with E-state index in [4.69, 9.17) is 14.5 Å². The van der Waals surface area contributed by atoms with Crippen LogP contribution < -0.4 is 14.4 Å². The van der Waals surface area contributed by atoms with Crippen molar-refractivity contribution < 1.29 is 14.3 Å². The van der Waals surface area contributed by atoms with Crippen molar-refractivity contribution in [3.05, 3.63) is 95.2 Å². The monoisotopic (exact) mass is 440 g/mol. The van der Waals surface area contributed by atoms with Gasteiger partial charge < -0.3 is 9.47 Å². The lowest BCUT2D eigenvalue weighted by molar-refractivity contribution is -0.113. The Morgan fingerprint density at radius 1 is 0.909 bits per heavy atom. The van der Waals surface area contributed by atoms with Crippen LogP contribution in [-0.2, 0) is 11.2 Å². The highest BCUT2D eigenvalue weighted by molar-refractivity contribution is 6.33. The van der Waals surface area contributed by atoms with E-state index >= 15 is 0 Å². The standard InChI is InChI=1S/C28H28N2O3/c1-4-5-9-20-12-15-23(16-13-20)30-27(22-10-7-6-8-11-22)29-24(28(30)31)18-21-14-17-25(32-2)26(19-21)33-3/h6-8,10-19H,4-5,9H2,1-3H3. The zero-order valence-electron chi connectivity index (χ0n) is 19.2. The molecule has 0 bridgehead atoms. The molecule has 0 unspecified atom stereocenters. The maximum absolute atomic E-state index is 13.5. The highest BCUT2D eigenvalue weighted by Gasteiger charge is 2.32. The highest BCUT2D eigenvalue weighted by atomic mass is 16.5. The Balaban J connectivity index is 1.73. The summed E-state index contributed by atoms with van der Waals surface area (Å²) in [6, 6.07) is 23.5. The van der Waals surface area contributed by atoms with Gasteiger partial charge >= 0.3 is 0 Å². The molecule has 0 saturated heterocycles. The van der Waals surface area contributed by atoms with Gasteiger partial charge in [-0.3, -0.25) is 9.69 Å². The third kappa shape index (κ3) is 4.82. The van der Waals surface area contributed by atoms with Crippen LogP contribution in [0.4, 0.5) is 5.69 Å². The van der Waals surface area contributed by atoms with Gasteiger partial charge in [0.05, 0.1) is 19.9 Å². The molecule has 1 aliphatic rings. The van der Waals surface area contributed by atoms with Crippen LogP contribution in [0, 0.1) is 0 Å². The number of unbranched alkanes of at least 4 members (excludes halogenated alkanes) is 1. The van der Waals surface area contributed by atoms with Gasteiger partial charge in [-0.05, 0) is 54.3 Å². The van der Waals surface area contributed by atoms with Crippen molar-refractivity contribution in [2.75, 3.05) is 19.1 Å². The van der Waals surface area contributed by atoms with E-state index in [0.717, 1.165) is 36.1 Å². The predicted molar refractivity (Wildman–Crippen MR) is 133 cm³/mol. The molecule has 1 aliphatic heterocycles. The summed E-state index contributed by atoms with van der Waals surface area (Å²) in [5, 5.41) is 0. The summed E-state index contributed by atoms with van der Waals surface area (Å²) >= 11 is 0. The fourth-order valence-electron chi connectivity index (χ4n) is 3.83. The van der Waals surface area contributed by atoms with Crippen molar-refractivity contribution >= 4 is 23.5 Å². The number of nitrogens with zero attached hydrogens (tertiary/aromatic N) is 2. The third-order valence-electron chi connectivity index (χ3n) is 5.62. The van der Waals surface area contributed by atoms with Crippen molar-refractivity contribution in [3.63, 3.8) is 0 Å². The van der Waals surface area contributed by atoms with Gasteiger partial charge in [0.15, 0.2) is 11.5 Å². The number of aliphatic imine (C=N–C) groups is 1. The Kier molecular flexibility index (Phi) is 6.89. The average molecular weight is 441 g/mol. The smallest absolute Gasteiger partial charge is 0.282 e. The van der Waals surface area contributed by atoms with Crippen LogP contribution in [0.3, 0.4) is 0 Å². The minimum atomic E-state index is -0.162. The van der Waals surface area contributed by atoms with Crippen LogP contribution in [0.25, 0.3) is 6.08 Å². The summed E-state index contributed by atoms with van der Waals surface area (Å²) in [7, 11) is 3.19. The van der Waals surface area contributed by atoms with Gasteiger partial charge in [0.1, 0.15) is 11.5 Å². The summed E-state index contributed by atoms with van der Waals surface area (Å²) in [6.45, 7) is 2.19. The minimum Gasteiger partial charge on any atom is -0.493 e. The van der Waals surface area contributed by atoms with E-state index in [1.54, 1.807) is 25.2 Å². The van der Waals surface area contributed by atoms with Crippen LogP contribution in [0.5, 0.6) is 11.5 Å². The molecule has 0 radical (unpaired) electrons. The second kappa shape index (κ2) is 10.2. The van der Waals surface area contributed by atoms with Gasteiger partial charge in [0.2, 0.25) is 0 Å². The molecule has 0 aromatic heterocycles.